The zero-order valence-corrected chi connectivity index (χ0v) is 17.3. The van der Waals surface area contributed by atoms with Crippen LogP contribution in [0.2, 0.25) is 0 Å². The van der Waals surface area contributed by atoms with E-state index in [1.807, 2.05) is 29.6 Å². The Labute approximate surface area is 174 Å². The molecule has 3 nitrogen and oxygen atoms in total. The molecule has 0 aliphatic heterocycles. The van der Waals surface area contributed by atoms with Crippen molar-refractivity contribution >= 4 is 29.0 Å². The first-order valence-electron chi connectivity index (χ1n) is 9.77. The molecule has 4 rings (SSSR count). The minimum atomic E-state index is -0.0422. The molecule has 28 heavy (non-hydrogen) atoms. The van der Waals surface area contributed by atoms with E-state index in [0.717, 1.165) is 16.3 Å². The average molecular weight is 409 g/mol. The molecule has 5 heteroatoms. The number of benzene rings is 1. The predicted molar refractivity (Wildman–Crippen MR) is 117 cm³/mol. The molecule has 1 aromatic carbocycles. The van der Waals surface area contributed by atoms with Gasteiger partial charge in [0, 0.05) is 16.3 Å². The third-order valence-corrected chi connectivity index (χ3v) is 7.38. The van der Waals surface area contributed by atoms with Gasteiger partial charge in [-0.1, -0.05) is 42.8 Å². The lowest BCUT2D eigenvalue weighted by atomic mass is 9.84. The summed E-state index contributed by atoms with van der Waals surface area (Å²) in [6.45, 7) is 0.564. The number of amides is 1. The van der Waals surface area contributed by atoms with Gasteiger partial charge in [0.2, 0.25) is 0 Å². The van der Waals surface area contributed by atoms with E-state index in [0.29, 0.717) is 23.3 Å². The van der Waals surface area contributed by atoms with E-state index < -0.39 is 0 Å². The molecule has 1 saturated carbocycles. The molecule has 1 fully saturated rings. The first-order chi connectivity index (χ1) is 13.8. The molecule has 2 unspecified atom stereocenters. The lowest BCUT2D eigenvalue weighted by molar-refractivity contribution is 0.0947. The Morgan fingerprint density at radius 3 is 2.82 bits per heavy atom. The van der Waals surface area contributed by atoms with Crippen molar-refractivity contribution in [2.45, 2.75) is 48.4 Å². The van der Waals surface area contributed by atoms with Crippen LogP contribution < -0.4 is 5.32 Å². The highest BCUT2D eigenvalue weighted by Gasteiger charge is 2.25. The normalized spacial score (nSPS) is 19.3. The van der Waals surface area contributed by atoms with Crippen molar-refractivity contribution < 1.29 is 4.79 Å². The number of pyridine rings is 1. The van der Waals surface area contributed by atoms with Gasteiger partial charge in [-0.05, 0) is 54.3 Å². The molecular formula is C23H24N2OS2. The van der Waals surface area contributed by atoms with Crippen molar-refractivity contribution in [3.8, 4) is 0 Å². The van der Waals surface area contributed by atoms with Crippen molar-refractivity contribution in [2.75, 3.05) is 0 Å². The van der Waals surface area contributed by atoms with Crippen molar-refractivity contribution in [2.24, 2.45) is 0 Å². The van der Waals surface area contributed by atoms with Crippen LogP contribution in [-0.4, -0.2) is 16.1 Å². The van der Waals surface area contributed by atoms with E-state index in [-0.39, 0.29) is 5.91 Å². The first kappa shape index (κ1) is 19.2. The highest BCUT2D eigenvalue weighted by atomic mass is 32.2. The Bertz CT molecular complexity index is 896. The largest absolute Gasteiger partial charge is 0.347 e. The molecule has 1 aliphatic carbocycles. The monoisotopic (exact) mass is 408 g/mol. The molecule has 0 spiro atoms. The Balaban J connectivity index is 1.42. The zero-order chi connectivity index (χ0) is 19.2. The van der Waals surface area contributed by atoms with Gasteiger partial charge in [0.05, 0.1) is 12.1 Å². The zero-order valence-electron chi connectivity index (χ0n) is 15.7. The van der Waals surface area contributed by atoms with Gasteiger partial charge < -0.3 is 5.32 Å². The van der Waals surface area contributed by atoms with Crippen LogP contribution in [0, 0.1) is 0 Å². The number of carbonyl (C=O) groups excluding carboxylic acids is 1. The smallest absolute Gasteiger partial charge is 0.254 e. The summed E-state index contributed by atoms with van der Waals surface area (Å²) in [6.07, 6.45) is 6.58. The second kappa shape index (κ2) is 9.39. The number of carbonyl (C=O) groups is 1. The summed E-state index contributed by atoms with van der Waals surface area (Å²) < 4.78 is 0. The van der Waals surface area contributed by atoms with Crippen LogP contribution in [0.4, 0.5) is 0 Å². The minimum absolute atomic E-state index is 0.0422. The van der Waals surface area contributed by atoms with Crippen LogP contribution >= 0.6 is 23.1 Å². The van der Waals surface area contributed by atoms with Crippen molar-refractivity contribution in [1.82, 2.24) is 10.3 Å². The fourth-order valence-corrected chi connectivity index (χ4v) is 5.75. The minimum Gasteiger partial charge on any atom is -0.347 e. The number of hydrogen-bond acceptors (Lipinski definition) is 4. The second-order valence-electron chi connectivity index (χ2n) is 7.13. The van der Waals surface area contributed by atoms with Crippen molar-refractivity contribution in [1.29, 1.82) is 0 Å². The molecule has 2 aromatic heterocycles. The summed E-state index contributed by atoms with van der Waals surface area (Å²) in [6, 6.07) is 18.6. The SMILES string of the molecule is O=C(NCc1cccs1)c1cccnc1SC1CCCC(c2ccccc2)C1. The van der Waals surface area contributed by atoms with Gasteiger partial charge in [0.15, 0.2) is 0 Å². The number of hydrogen-bond donors (Lipinski definition) is 1. The molecule has 0 bridgehead atoms. The maximum atomic E-state index is 12.7. The number of rotatable bonds is 6. The lowest BCUT2D eigenvalue weighted by Crippen LogP contribution is -2.24. The number of thiophene rings is 1. The van der Waals surface area contributed by atoms with E-state index in [9.17, 15) is 4.79 Å². The van der Waals surface area contributed by atoms with Crippen molar-refractivity contribution in [3.05, 3.63) is 82.2 Å². The molecule has 1 amide bonds. The molecule has 0 saturated heterocycles. The first-order valence-corrected chi connectivity index (χ1v) is 11.5. The number of nitrogens with zero attached hydrogens (tertiary/aromatic N) is 1. The average Bonchev–Trinajstić information content (AvgIpc) is 3.27. The summed E-state index contributed by atoms with van der Waals surface area (Å²) in [5, 5.41) is 6.41. The molecule has 2 heterocycles. The van der Waals surface area contributed by atoms with E-state index in [1.54, 1.807) is 29.3 Å². The maximum Gasteiger partial charge on any atom is 0.254 e. The molecule has 1 N–H and O–H groups in total. The van der Waals surface area contributed by atoms with Crippen LogP contribution in [0.5, 0.6) is 0 Å². The standard InChI is InChI=1S/C23H24N2OS2/c26-22(25-16-20-11-6-14-27-20)21-12-5-13-24-23(21)28-19-10-4-9-18(15-19)17-7-2-1-3-8-17/h1-3,5-8,11-14,18-19H,4,9-10,15-16H2,(H,25,26). The maximum absolute atomic E-state index is 12.7. The molecular weight excluding hydrogens is 384 g/mol. The van der Waals surface area contributed by atoms with Crippen LogP contribution in [0.15, 0.2) is 71.2 Å². The third-order valence-electron chi connectivity index (χ3n) is 5.19. The molecule has 2 atom stereocenters. The summed E-state index contributed by atoms with van der Waals surface area (Å²) in [5.74, 6) is 0.562. The highest BCUT2D eigenvalue weighted by Crippen LogP contribution is 2.40. The topological polar surface area (TPSA) is 42.0 Å². The van der Waals surface area contributed by atoms with Crippen LogP contribution in [0.25, 0.3) is 0 Å². The number of nitrogens with one attached hydrogen (secondary N) is 1. The summed E-state index contributed by atoms with van der Waals surface area (Å²) in [4.78, 5) is 18.4. The molecule has 1 aliphatic rings. The van der Waals surface area contributed by atoms with Gasteiger partial charge in [0.25, 0.3) is 5.91 Å². The van der Waals surface area contributed by atoms with Crippen LogP contribution in [0.1, 0.15) is 52.4 Å². The number of aromatic nitrogens is 1. The quantitative estimate of drug-likeness (QED) is 0.553. The van der Waals surface area contributed by atoms with Gasteiger partial charge in [-0.25, -0.2) is 4.98 Å². The fraction of sp³-hybridized carbons (Fsp3) is 0.304. The molecule has 3 aromatic rings. The van der Waals surface area contributed by atoms with Gasteiger partial charge in [-0.3, -0.25) is 4.79 Å². The molecule has 0 radical (unpaired) electrons. The van der Waals surface area contributed by atoms with Crippen LogP contribution in [-0.2, 0) is 6.54 Å². The predicted octanol–water partition coefficient (Wildman–Crippen LogP) is 5.89. The van der Waals surface area contributed by atoms with E-state index >= 15 is 0 Å². The number of thioether (sulfide) groups is 1. The fourth-order valence-electron chi connectivity index (χ4n) is 3.77. The Morgan fingerprint density at radius 2 is 2.00 bits per heavy atom. The van der Waals surface area contributed by atoms with Gasteiger partial charge >= 0.3 is 0 Å². The lowest BCUT2D eigenvalue weighted by Gasteiger charge is -2.29. The summed E-state index contributed by atoms with van der Waals surface area (Å²) >= 11 is 3.43. The summed E-state index contributed by atoms with van der Waals surface area (Å²) in [5.41, 5.74) is 2.12. The second-order valence-corrected chi connectivity index (χ2v) is 9.45. The van der Waals surface area contributed by atoms with Gasteiger partial charge in [0.1, 0.15) is 5.03 Å². The Hall–Kier alpha value is -2.11. The third kappa shape index (κ3) is 4.83. The summed E-state index contributed by atoms with van der Waals surface area (Å²) in [7, 11) is 0. The van der Waals surface area contributed by atoms with Gasteiger partial charge in [-0.15, -0.1) is 23.1 Å². The van der Waals surface area contributed by atoms with E-state index in [2.05, 4.69) is 40.6 Å². The van der Waals surface area contributed by atoms with Gasteiger partial charge in [-0.2, -0.15) is 0 Å². The van der Waals surface area contributed by atoms with E-state index in [4.69, 9.17) is 0 Å². The Morgan fingerprint density at radius 1 is 1.11 bits per heavy atom. The van der Waals surface area contributed by atoms with Crippen LogP contribution in [0.3, 0.4) is 0 Å². The van der Waals surface area contributed by atoms with E-state index in [1.165, 1.54) is 24.8 Å². The highest BCUT2D eigenvalue weighted by molar-refractivity contribution is 7.99. The van der Waals surface area contributed by atoms with Crippen molar-refractivity contribution in [3.63, 3.8) is 0 Å². The Kier molecular flexibility index (Phi) is 6.45. The molecule has 144 valence electrons.